The van der Waals surface area contributed by atoms with Crippen LogP contribution in [-0.4, -0.2) is 25.3 Å². The zero-order valence-electron chi connectivity index (χ0n) is 15.6. The van der Waals surface area contributed by atoms with Crippen LogP contribution in [0, 0.1) is 11.7 Å². The molecule has 0 radical (unpaired) electrons. The van der Waals surface area contributed by atoms with Crippen LogP contribution in [0.3, 0.4) is 0 Å². The van der Waals surface area contributed by atoms with E-state index in [9.17, 15) is 14.0 Å². The van der Waals surface area contributed by atoms with Crippen LogP contribution < -0.4 is 25.4 Å². The summed E-state index contributed by atoms with van der Waals surface area (Å²) in [5.74, 6) is 0.507. The Bertz CT molecular complexity index is 855. The molecule has 3 rings (SSSR count). The summed E-state index contributed by atoms with van der Waals surface area (Å²) in [5, 5.41) is 7.95. The number of amides is 3. The highest BCUT2D eigenvalue weighted by Gasteiger charge is 2.18. The fourth-order valence-corrected chi connectivity index (χ4v) is 2.92. The van der Waals surface area contributed by atoms with Gasteiger partial charge in [0.15, 0.2) is 11.5 Å². The SMILES string of the molecule is CC(C)[C@H](NCC(=O)NC(=O)Nc1ccc2c(c1)OCO2)c1ccc(F)cc1. The lowest BCUT2D eigenvalue weighted by Gasteiger charge is -2.22. The summed E-state index contributed by atoms with van der Waals surface area (Å²) in [6.07, 6.45) is 0. The number of nitrogens with one attached hydrogen (secondary N) is 3. The number of halogens is 1. The number of hydrogen-bond donors (Lipinski definition) is 3. The Balaban J connectivity index is 1.51. The van der Waals surface area contributed by atoms with Crippen LogP contribution in [0.2, 0.25) is 0 Å². The topological polar surface area (TPSA) is 88.7 Å². The van der Waals surface area contributed by atoms with Crippen LogP contribution in [0.4, 0.5) is 14.9 Å². The van der Waals surface area contributed by atoms with E-state index in [1.807, 2.05) is 13.8 Å². The van der Waals surface area contributed by atoms with E-state index in [0.29, 0.717) is 17.2 Å². The zero-order chi connectivity index (χ0) is 20.1. The molecule has 0 aliphatic carbocycles. The van der Waals surface area contributed by atoms with Crippen molar-refractivity contribution in [3.05, 3.63) is 53.8 Å². The van der Waals surface area contributed by atoms with Crippen LogP contribution in [0.25, 0.3) is 0 Å². The van der Waals surface area contributed by atoms with E-state index < -0.39 is 11.9 Å². The summed E-state index contributed by atoms with van der Waals surface area (Å²) >= 11 is 0. The number of anilines is 1. The van der Waals surface area contributed by atoms with Gasteiger partial charge in [-0.15, -0.1) is 0 Å². The van der Waals surface area contributed by atoms with E-state index in [1.165, 1.54) is 12.1 Å². The quantitative estimate of drug-likeness (QED) is 0.708. The van der Waals surface area contributed by atoms with Crippen LogP contribution in [0.1, 0.15) is 25.5 Å². The van der Waals surface area contributed by atoms with Gasteiger partial charge in [0, 0.05) is 17.8 Å². The standard InChI is InChI=1S/C20H22FN3O4/c1-12(2)19(13-3-5-14(21)6-4-13)22-10-18(25)24-20(26)23-15-7-8-16-17(9-15)28-11-27-16/h3-9,12,19,22H,10-11H2,1-2H3,(H2,23,24,25,26)/t19-/m0/s1. The molecule has 0 unspecified atom stereocenters. The molecule has 2 aromatic carbocycles. The van der Waals surface area contributed by atoms with Gasteiger partial charge in [-0.1, -0.05) is 26.0 Å². The van der Waals surface area contributed by atoms with Gasteiger partial charge in [0.2, 0.25) is 12.7 Å². The third-order valence-electron chi connectivity index (χ3n) is 4.26. The van der Waals surface area contributed by atoms with Crippen molar-refractivity contribution in [2.24, 2.45) is 5.92 Å². The first-order valence-electron chi connectivity index (χ1n) is 8.91. The molecule has 0 bridgehead atoms. The van der Waals surface area contributed by atoms with E-state index in [4.69, 9.17) is 9.47 Å². The minimum absolute atomic E-state index is 0.0607. The summed E-state index contributed by atoms with van der Waals surface area (Å²) in [7, 11) is 0. The Morgan fingerprint density at radius 3 is 2.50 bits per heavy atom. The summed E-state index contributed by atoms with van der Waals surface area (Å²) in [6.45, 7) is 4.06. The lowest BCUT2D eigenvalue weighted by Crippen LogP contribution is -2.41. The van der Waals surface area contributed by atoms with Crippen molar-refractivity contribution in [1.29, 1.82) is 0 Å². The van der Waals surface area contributed by atoms with Crippen LogP contribution in [-0.2, 0) is 4.79 Å². The van der Waals surface area contributed by atoms with Crippen molar-refractivity contribution in [2.75, 3.05) is 18.7 Å². The van der Waals surface area contributed by atoms with E-state index in [0.717, 1.165) is 5.56 Å². The Morgan fingerprint density at radius 1 is 1.07 bits per heavy atom. The molecule has 7 nitrogen and oxygen atoms in total. The van der Waals surface area contributed by atoms with Gasteiger partial charge in [-0.3, -0.25) is 10.1 Å². The molecule has 0 spiro atoms. The van der Waals surface area contributed by atoms with Crippen molar-refractivity contribution in [1.82, 2.24) is 10.6 Å². The largest absolute Gasteiger partial charge is 0.454 e. The monoisotopic (exact) mass is 387 g/mol. The number of carbonyl (C=O) groups excluding carboxylic acids is 2. The van der Waals surface area contributed by atoms with Crippen molar-refractivity contribution in [3.63, 3.8) is 0 Å². The molecule has 0 fully saturated rings. The number of urea groups is 1. The molecular weight excluding hydrogens is 365 g/mol. The van der Waals surface area contributed by atoms with Crippen molar-refractivity contribution in [3.8, 4) is 11.5 Å². The summed E-state index contributed by atoms with van der Waals surface area (Å²) in [4.78, 5) is 24.1. The number of fused-ring (bicyclic) bond motifs is 1. The maximum atomic E-state index is 13.1. The fraction of sp³-hybridized carbons (Fsp3) is 0.300. The van der Waals surface area contributed by atoms with Gasteiger partial charge < -0.3 is 20.1 Å². The first-order chi connectivity index (χ1) is 13.4. The lowest BCUT2D eigenvalue weighted by atomic mass is 9.96. The van der Waals surface area contributed by atoms with Gasteiger partial charge in [-0.25, -0.2) is 9.18 Å². The van der Waals surface area contributed by atoms with Gasteiger partial charge in [0.25, 0.3) is 0 Å². The predicted molar refractivity (Wildman–Crippen MR) is 102 cm³/mol. The van der Waals surface area contributed by atoms with E-state index in [1.54, 1.807) is 30.3 Å². The number of hydrogen-bond acceptors (Lipinski definition) is 5. The molecule has 3 amide bonds. The van der Waals surface area contributed by atoms with Crippen LogP contribution in [0.15, 0.2) is 42.5 Å². The number of carbonyl (C=O) groups is 2. The molecule has 0 saturated carbocycles. The molecule has 28 heavy (non-hydrogen) atoms. The summed E-state index contributed by atoms with van der Waals surface area (Å²) in [6, 6.07) is 10.3. The van der Waals surface area contributed by atoms with Gasteiger partial charge in [-0.05, 0) is 35.7 Å². The molecule has 148 valence electrons. The Hall–Kier alpha value is -3.13. The summed E-state index contributed by atoms with van der Waals surface area (Å²) in [5.41, 5.74) is 1.35. The fourth-order valence-electron chi connectivity index (χ4n) is 2.92. The van der Waals surface area contributed by atoms with E-state index in [-0.39, 0.29) is 31.1 Å². The highest BCUT2D eigenvalue weighted by atomic mass is 19.1. The minimum Gasteiger partial charge on any atom is -0.454 e. The normalized spacial score (nSPS) is 13.3. The van der Waals surface area contributed by atoms with Gasteiger partial charge in [0.05, 0.1) is 6.54 Å². The molecule has 1 aliphatic heterocycles. The molecule has 8 heteroatoms. The number of ether oxygens (including phenoxy) is 2. The van der Waals surface area contributed by atoms with Crippen molar-refractivity contribution < 1.29 is 23.5 Å². The average molecular weight is 387 g/mol. The third-order valence-corrected chi connectivity index (χ3v) is 4.26. The van der Waals surface area contributed by atoms with Gasteiger partial charge in [-0.2, -0.15) is 0 Å². The predicted octanol–water partition coefficient (Wildman–Crippen LogP) is 3.19. The van der Waals surface area contributed by atoms with Crippen molar-refractivity contribution in [2.45, 2.75) is 19.9 Å². The lowest BCUT2D eigenvalue weighted by molar-refractivity contribution is -0.119. The second-order valence-electron chi connectivity index (χ2n) is 6.72. The maximum Gasteiger partial charge on any atom is 0.325 e. The molecule has 1 heterocycles. The van der Waals surface area contributed by atoms with E-state index >= 15 is 0 Å². The first-order valence-corrected chi connectivity index (χ1v) is 8.91. The first kappa shape index (κ1) is 19.6. The highest BCUT2D eigenvalue weighted by molar-refractivity contribution is 6.01. The number of imide groups is 1. The third kappa shape index (κ3) is 4.98. The maximum absolute atomic E-state index is 13.1. The van der Waals surface area contributed by atoms with Gasteiger partial charge >= 0.3 is 6.03 Å². The highest BCUT2D eigenvalue weighted by Crippen LogP contribution is 2.34. The van der Waals surface area contributed by atoms with Crippen LogP contribution >= 0.6 is 0 Å². The number of rotatable bonds is 6. The molecule has 0 aromatic heterocycles. The molecule has 1 atom stereocenters. The zero-order valence-corrected chi connectivity index (χ0v) is 15.6. The minimum atomic E-state index is -0.645. The summed E-state index contributed by atoms with van der Waals surface area (Å²) < 4.78 is 23.6. The second-order valence-corrected chi connectivity index (χ2v) is 6.72. The van der Waals surface area contributed by atoms with Crippen molar-refractivity contribution >= 4 is 17.6 Å². The number of benzene rings is 2. The van der Waals surface area contributed by atoms with Gasteiger partial charge in [0.1, 0.15) is 5.82 Å². The second kappa shape index (κ2) is 8.71. The molecule has 2 aromatic rings. The van der Waals surface area contributed by atoms with E-state index in [2.05, 4.69) is 16.0 Å². The molecule has 0 saturated heterocycles. The molecule has 3 N–H and O–H groups in total. The Kier molecular flexibility index (Phi) is 6.10. The Morgan fingerprint density at radius 2 is 1.79 bits per heavy atom. The molecule has 1 aliphatic rings. The Labute approximate surface area is 162 Å². The smallest absolute Gasteiger partial charge is 0.325 e. The molecular formula is C20H22FN3O4. The van der Waals surface area contributed by atoms with Crippen LogP contribution in [0.5, 0.6) is 11.5 Å². The average Bonchev–Trinajstić information content (AvgIpc) is 3.10.